The molecule has 9 atom stereocenters. The second-order valence-corrected chi connectivity index (χ2v) is 10.2. The van der Waals surface area contributed by atoms with E-state index in [1.807, 2.05) is 0 Å². The second-order valence-electron chi connectivity index (χ2n) is 10.2. The maximum Gasteiger partial charge on any atom is 0.0614 e. The molecule has 4 aliphatic carbocycles. The molecule has 4 saturated carbocycles. The molecule has 0 aromatic rings. The first kappa shape index (κ1) is 17.3. The number of aliphatic hydroxyl groups excluding tert-OH is 1. The van der Waals surface area contributed by atoms with E-state index in [0.29, 0.717) is 11.5 Å². The molecule has 0 aromatic carbocycles. The third-order valence-corrected chi connectivity index (χ3v) is 9.86. The predicted molar refractivity (Wildman–Crippen MR) is 99.7 cm³/mol. The SMILES string of the molecule is CC[C@H]1CC[C@H]2[C@@H]3CC[C@H]4C[C@H](NC)C[C@@H](O)[C@]4(C)[C@H]3CC[C@]12C. The van der Waals surface area contributed by atoms with Gasteiger partial charge in [0.1, 0.15) is 0 Å². The molecule has 4 rings (SSSR count). The van der Waals surface area contributed by atoms with Gasteiger partial charge in [-0.3, -0.25) is 0 Å². The van der Waals surface area contributed by atoms with Crippen LogP contribution >= 0.6 is 0 Å². The lowest BCUT2D eigenvalue weighted by molar-refractivity contribution is -0.167. The highest BCUT2D eigenvalue weighted by molar-refractivity contribution is 5.11. The van der Waals surface area contributed by atoms with Crippen molar-refractivity contribution in [1.29, 1.82) is 0 Å². The van der Waals surface area contributed by atoms with E-state index < -0.39 is 0 Å². The Labute approximate surface area is 149 Å². The zero-order chi connectivity index (χ0) is 17.1. The molecule has 4 aliphatic rings. The monoisotopic (exact) mass is 333 g/mol. The third kappa shape index (κ3) is 2.21. The highest BCUT2D eigenvalue weighted by Gasteiger charge is 2.61. The predicted octanol–water partition coefficient (Wildman–Crippen LogP) is 4.61. The number of hydrogen-bond acceptors (Lipinski definition) is 2. The summed E-state index contributed by atoms with van der Waals surface area (Å²) in [6, 6.07) is 0.527. The van der Waals surface area contributed by atoms with Gasteiger partial charge in [0.2, 0.25) is 0 Å². The Hall–Kier alpha value is -0.0800. The van der Waals surface area contributed by atoms with Gasteiger partial charge in [-0.05, 0) is 98.8 Å². The molecule has 0 bridgehead atoms. The van der Waals surface area contributed by atoms with Crippen LogP contribution in [-0.2, 0) is 0 Å². The maximum atomic E-state index is 11.2. The average Bonchev–Trinajstić information content (AvgIpc) is 2.92. The molecule has 2 heteroatoms. The minimum atomic E-state index is -0.103. The molecule has 24 heavy (non-hydrogen) atoms. The van der Waals surface area contributed by atoms with Gasteiger partial charge in [-0.25, -0.2) is 0 Å². The molecule has 0 aromatic heterocycles. The van der Waals surface area contributed by atoms with Crippen molar-refractivity contribution in [2.75, 3.05) is 7.05 Å². The van der Waals surface area contributed by atoms with Crippen molar-refractivity contribution in [3.8, 4) is 0 Å². The Morgan fingerprint density at radius 1 is 1.00 bits per heavy atom. The highest BCUT2D eigenvalue weighted by Crippen LogP contribution is 2.67. The molecule has 138 valence electrons. The highest BCUT2D eigenvalue weighted by atomic mass is 16.3. The van der Waals surface area contributed by atoms with Crippen molar-refractivity contribution in [2.24, 2.45) is 40.4 Å². The summed E-state index contributed by atoms with van der Waals surface area (Å²) in [4.78, 5) is 0. The van der Waals surface area contributed by atoms with Gasteiger partial charge in [-0.15, -0.1) is 0 Å². The van der Waals surface area contributed by atoms with Gasteiger partial charge in [0.25, 0.3) is 0 Å². The Morgan fingerprint density at radius 3 is 2.50 bits per heavy atom. The lowest BCUT2D eigenvalue weighted by Crippen LogP contribution is -2.60. The Morgan fingerprint density at radius 2 is 1.79 bits per heavy atom. The van der Waals surface area contributed by atoms with Crippen molar-refractivity contribution < 1.29 is 5.11 Å². The molecule has 4 fully saturated rings. The van der Waals surface area contributed by atoms with E-state index in [-0.39, 0.29) is 11.5 Å². The number of hydrogen-bond donors (Lipinski definition) is 2. The van der Waals surface area contributed by atoms with Crippen molar-refractivity contribution in [3.05, 3.63) is 0 Å². The molecule has 0 heterocycles. The smallest absolute Gasteiger partial charge is 0.0614 e. The van der Waals surface area contributed by atoms with Crippen molar-refractivity contribution in [1.82, 2.24) is 5.32 Å². The molecule has 0 saturated heterocycles. The van der Waals surface area contributed by atoms with Crippen molar-refractivity contribution >= 4 is 0 Å². The average molecular weight is 334 g/mol. The van der Waals surface area contributed by atoms with E-state index in [4.69, 9.17) is 0 Å². The van der Waals surface area contributed by atoms with Gasteiger partial charge in [0.05, 0.1) is 6.10 Å². The van der Waals surface area contributed by atoms with Crippen LogP contribution < -0.4 is 5.32 Å². The van der Waals surface area contributed by atoms with Crippen molar-refractivity contribution in [2.45, 2.75) is 90.7 Å². The minimum Gasteiger partial charge on any atom is -0.392 e. The molecular formula is C22H39NO. The first-order valence-electron chi connectivity index (χ1n) is 10.8. The van der Waals surface area contributed by atoms with Crippen LogP contribution in [-0.4, -0.2) is 24.3 Å². The summed E-state index contributed by atoms with van der Waals surface area (Å²) in [6.45, 7) is 7.50. The van der Waals surface area contributed by atoms with Crippen LogP contribution in [0.3, 0.4) is 0 Å². The van der Waals surface area contributed by atoms with Gasteiger partial charge in [-0.1, -0.05) is 27.2 Å². The molecule has 0 spiro atoms. The Bertz CT molecular complexity index is 479. The van der Waals surface area contributed by atoms with Crippen LogP contribution in [0.1, 0.15) is 78.6 Å². The molecule has 2 N–H and O–H groups in total. The number of rotatable bonds is 2. The van der Waals surface area contributed by atoms with Crippen LogP contribution in [0.4, 0.5) is 0 Å². The molecule has 0 aliphatic heterocycles. The van der Waals surface area contributed by atoms with Crippen LogP contribution in [0.2, 0.25) is 0 Å². The fourth-order valence-electron chi connectivity index (χ4n) is 8.34. The van der Waals surface area contributed by atoms with E-state index in [1.165, 1.54) is 51.4 Å². The molecule has 0 radical (unpaired) electrons. The lowest BCUT2D eigenvalue weighted by Gasteiger charge is -2.62. The van der Waals surface area contributed by atoms with E-state index >= 15 is 0 Å². The van der Waals surface area contributed by atoms with Gasteiger partial charge < -0.3 is 10.4 Å². The van der Waals surface area contributed by atoms with Crippen LogP contribution in [0, 0.1) is 40.4 Å². The summed E-state index contributed by atoms with van der Waals surface area (Å²) in [5.74, 6) is 4.29. The summed E-state index contributed by atoms with van der Waals surface area (Å²) in [7, 11) is 2.07. The summed E-state index contributed by atoms with van der Waals surface area (Å²) < 4.78 is 0. The Kier molecular flexibility index (Phi) is 4.32. The fourth-order valence-corrected chi connectivity index (χ4v) is 8.34. The molecule has 0 amide bonds. The van der Waals surface area contributed by atoms with Crippen LogP contribution in [0.25, 0.3) is 0 Å². The number of aliphatic hydroxyl groups is 1. The number of fused-ring (bicyclic) bond motifs is 5. The summed E-state index contributed by atoms with van der Waals surface area (Å²) in [5.41, 5.74) is 0.786. The largest absolute Gasteiger partial charge is 0.392 e. The zero-order valence-corrected chi connectivity index (χ0v) is 16.4. The van der Waals surface area contributed by atoms with Crippen LogP contribution in [0.5, 0.6) is 0 Å². The summed E-state index contributed by atoms with van der Waals surface area (Å²) >= 11 is 0. The van der Waals surface area contributed by atoms with E-state index in [2.05, 4.69) is 33.1 Å². The molecular weight excluding hydrogens is 294 g/mol. The van der Waals surface area contributed by atoms with Crippen LogP contribution in [0.15, 0.2) is 0 Å². The van der Waals surface area contributed by atoms with Gasteiger partial charge in [-0.2, -0.15) is 0 Å². The van der Waals surface area contributed by atoms with Crippen molar-refractivity contribution in [3.63, 3.8) is 0 Å². The maximum absolute atomic E-state index is 11.2. The lowest BCUT2D eigenvalue weighted by atomic mass is 9.44. The standard InChI is InChI=1S/C22H39NO/c1-5-14-7-9-18-17-8-6-15-12-16(23-4)13-20(24)22(15,3)19(17)10-11-21(14,18)2/h14-20,23-24H,5-13H2,1-4H3/t14-,15-,16-,17-,18-,19-,20+,21+,22-/m0/s1. The summed E-state index contributed by atoms with van der Waals surface area (Å²) in [5, 5.41) is 14.6. The second kappa shape index (κ2) is 5.98. The van der Waals surface area contributed by atoms with Gasteiger partial charge in [0, 0.05) is 6.04 Å². The van der Waals surface area contributed by atoms with E-state index in [0.717, 1.165) is 36.0 Å². The normalized spacial score (nSPS) is 57.1. The van der Waals surface area contributed by atoms with Gasteiger partial charge in [0.15, 0.2) is 0 Å². The fraction of sp³-hybridized carbons (Fsp3) is 1.00. The molecule has 2 nitrogen and oxygen atoms in total. The third-order valence-electron chi connectivity index (χ3n) is 9.86. The molecule has 0 unspecified atom stereocenters. The quantitative estimate of drug-likeness (QED) is 0.773. The van der Waals surface area contributed by atoms with E-state index in [1.54, 1.807) is 0 Å². The minimum absolute atomic E-state index is 0.103. The zero-order valence-electron chi connectivity index (χ0n) is 16.4. The number of nitrogens with one attached hydrogen (secondary N) is 1. The van der Waals surface area contributed by atoms with E-state index in [9.17, 15) is 5.11 Å². The topological polar surface area (TPSA) is 32.3 Å². The first-order chi connectivity index (χ1) is 11.4. The summed E-state index contributed by atoms with van der Waals surface area (Å²) in [6.07, 6.45) is 12.0. The first-order valence-corrected chi connectivity index (χ1v) is 10.8. The Balaban J connectivity index is 1.62. The van der Waals surface area contributed by atoms with Gasteiger partial charge >= 0.3 is 0 Å².